The summed E-state index contributed by atoms with van der Waals surface area (Å²) in [5, 5.41) is 9.25. The average Bonchev–Trinajstić information content (AvgIpc) is 3.34. The van der Waals surface area contributed by atoms with Gasteiger partial charge in [0.15, 0.2) is 11.6 Å². The predicted molar refractivity (Wildman–Crippen MR) is 110 cm³/mol. The maximum Gasteiger partial charge on any atom is 0.303 e. The molecule has 0 saturated heterocycles. The van der Waals surface area contributed by atoms with Gasteiger partial charge in [0, 0.05) is 22.9 Å². The molecule has 0 aliphatic heterocycles. The summed E-state index contributed by atoms with van der Waals surface area (Å²) in [4.78, 5) is 11.4. The molecule has 5 nitrogen and oxygen atoms in total. The summed E-state index contributed by atoms with van der Waals surface area (Å²) < 4.78 is 68.0. The van der Waals surface area contributed by atoms with Crippen molar-refractivity contribution in [1.82, 2.24) is 3.97 Å². The molecule has 0 amide bonds. The van der Waals surface area contributed by atoms with Crippen LogP contribution in [0.2, 0.25) is 0 Å². The lowest BCUT2D eigenvalue weighted by molar-refractivity contribution is -0.136. The molecule has 0 bridgehead atoms. The van der Waals surface area contributed by atoms with Crippen molar-refractivity contribution in [2.45, 2.75) is 17.1 Å². The van der Waals surface area contributed by atoms with E-state index in [0.717, 1.165) is 33.5 Å². The molecule has 0 atom stereocenters. The van der Waals surface area contributed by atoms with E-state index in [1.165, 1.54) is 36.5 Å². The number of carboxylic acids is 1. The number of aromatic nitrogens is 1. The summed E-state index contributed by atoms with van der Waals surface area (Å²) in [5.41, 5.74) is 0.925. The van der Waals surface area contributed by atoms with Gasteiger partial charge in [0.25, 0.3) is 10.0 Å². The summed E-state index contributed by atoms with van der Waals surface area (Å²) in [6.07, 6.45) is 1.08. The highest BCUT2D eigenvalue weighted by Gasteiger charge is 2.24. The third-order valence-corrected chi connectivity index (χ3v) is 8.00. The van der Waals surface area contributed by atoms with E-state index in [-0.39, 0.29) is 22.6 Å². The van der Waals surface area contributed by atoms with Crippen molar-refractivity contribution in [1.29, 1.82) is 0 Å². The number of rotatable bonds is 6. The van der Waals surface area contributed by atoms with Crippen LogP contribution in [0.15, 0.2) is 58.9 Å². The Bertz CT molecular complexity index is 1420. The molecule has 1 N–H and O–H groups in total. The SMILES string of the molecule is O=C(O)CCc1cn(S(=O)(=O)c2ccc(-c3ccc(F)c(F)c3)s2)c2ccc(F)cc12. The Labute approximate surface area is 179 Å². The van der Waals surface area contributed by atoms with Gasteiger partial charge in [-0.3, -0.25) is 4.79 Å². The molecule has 0 saturated carbocycles. The highest BCUT2D eigenvalue weighted by Crippen LogP contribution is 2.34. The monoisotopic (exact) mass is 465 g/mol. The Kier molecular flexibility index (Phi) is 5.36. The van der Waals surface area contributed by atoms with Gasteiger partial charge in [-0.1, -0.05) is 6.07 Å². The van der Waals surface area contributed by atoms with Crippen molar-refractivity contribution in [3.05, 3.63) is 77.7 Å². The second-order valence-corrected chi connectivity index (χ2v) is 9.88. The van der Waals surface area contributed by atoms with E-state index in [1.54, 1.807) is 0 Å². The van der Waals surface area contributed by atoms with Crippen LogP contribution in [-0.4, -0.2) is 23.5 Å². The van der Waals surface area contributed by atoms with E-state index >= 15 is 0 Å². The molecule has 2 aromatic carbocycles. The zero-order valence-corrected chi connectivity index (χ0v) is 17.3. The van der Waals surface area contributed by atoms with Crippen molar-refractivity contribution >= 4 is 38.2 Å². The molecular weight excluding hydrogens is 451 g/mol. The Morgan fingerprint density at radius 3 is 2.48 bits per heavy atom. The number of fused-ring (bicyclic) bond motifs is 1. The maximum absolute atomic E-state index is 13.8. The number of hydrogen-bond acceptors (Lipinski definition) is 4. The molecule has 0 aliphatic rings. The van der Waals surface area contributed by atoms with E-state index in [4.69, 9.17) is 5.11 Å². The van der Waals surface area contributed by atoms with Gasteiger partial charge in [0.2, 0.25) is 0 Å². The molecule has 2 heterocycles. The number of aryl methyl sites for hydroxylation is 1. The number of thiophene rings is 1. The number of benzene rings is 2. The summed E-state index contributed by atoms with van der Waals surface area (Å²) in [5.74, 6) is -3.68. The molecule has 0 radical (unpaired) electrons. The van der Waals surface area contributed by atoms with Crippen molar-refractivity contribution in [2.24, 2.45) is 0 Å². The molecule has 10 heteroatoms. The lowest BCUT2D eigenvalue weighted by atomic mass is 10.1. The van der Waals surface area contributed by atoms with Crippen LogP contribution in [0.1, 0.15) is 12.0 Å². The smallest absolute Gasteiger partial charge is 0.303 e. The lowest BCUT2D eigenvalue weighted by Crippen LogP contribution is -2.10. The van der Waals surface area contributed by atoms with Crippen LogP contribution in [-0.2, 0) is 21.2 Å². The van der Waals surface area contributed by atoms with Gasteiger partial charge >= 0.3 is 5.97 Å². The summed E-state index contributed by atoms with van der Waals surface area (Å²) >= 11 is 0.875. The van der Waals surface area contributed by atoms with Gasteiger partial charge in [-0.25, -0.2) is 17.1 Å². The molecule has 4 aromatic rings. The van der Waals surface area contributed by atoms with Crippen molar-refractivity contribution in [2.75, 3.05) is 0 Å². The average molecular weight is 465 g/mol. The predicted octanol–water partition coefficient (Wildman–Crippen LogP) is 5.04. The fraction of sp³-hybridized carbons (Fsp3) is 0.0952. The fourth-order valence-electron chi connectivity index (χ4n) is 3.24. The summed E-state index contributed by atoms with van der Waals surface area (Å²) in [6.45, 7) is 0. The first-order chi connectivity index (χ1) is 14.7. The van der Waals surface area contributed by atoms with Gasteiger partial charge in [-0.05, 0) is 60.0 Å². The van der Waals surface area contributed by atoms with Crippen LogP contribution < -0.4 is 0 Å². The third-order valence-electron chi connectivity index (χ3n) is 4.72. The van der Waals surface area contributed by atoms with Gasteiger partial charge < -0.3 is 5.11 Å². The van der Waals surface area contributed by atoms with Crippen LogP contribution in [0.5, 0.6) is 0 Å². The number of nitrogens with zero attached hydrogens (tertiary/aromatic N) is 1. The first-order valence-corrected chi connectivity index (χ1v) is 11.2. The van der Waals surface area contributed by atoms with Crippen molar-refractivity contribution in [3.63, 3.8) is 0 Å². The molecule has 2 aromatic heterocycles. The molecule has 0 spiro atoms. The summed E-state index contributed by atoms with van der Waals surface area (Å²) in [6, 6.07) is 9.73. The Hall–Kier alpha value is -3.11. The number of carboxylic acid groups (broad SMARTS) is 1. The first kappa shape index (κ1) is 21.1. The fourth-order valence-corrected chi connectivity index (χ4v) is 6.02. The van der Waals surface area contributed by atoms with E-state index < -0.39 is 33.4 Å². The van der Waals surface area contributed by atoms with Crippen LogP contribution in [0.3, 0.4) is 0 Å². The minimum absolute atomic E-state index is 0.0301. The number of carbonyl (C=O) groups is 1. The van der Waals surface area contributed by atoms with E-state index in [1.807, 2.05) is 0 Å². The molecule has 160 valence electrons. The Balaban J connectivity index is 1.79. The molecular formula is C21H14F3NO4S2. The zero-order valence-electron chi connectivity index (χ0n) is 15.7. The van der Waals surface area contributed by atoms with Gasteiger partial charge in [-0.2, -0.15) is 8.42 Å². The molecule has 0 aliphatic carbocycles. The molecule has 4 rings (SSSR count). The lowest BCUT2D eigenvalue weighted by Gasteiger charge is -2.05. The highest BCUT2D eigenvalue weighted by molar-refractivity contribution is 7.92. The van der Waals surface area contributed by atoms with Crippen LogP contribution in [0, 0.1) is 17.5 Å². The molecule has 0 fully saturated rings. The van der Waals surface area contributed by atoms with E-state index in [0.29, 0.717) is 21.4 Å². The second-order valence-electron chi connectivity index (χ2n) is 6.76. The van der Waals surface area contributed by atoms with Gasteiger partial charge in [-0.15, -0.1) is 11.3 Å². The normalized spacial score (nSPS) is 11.8. The molecule has 0 unspecified atom stereocenters. The van der Waals surface area contributed by atoms with Gasteiger partial charge in [0.1, 0.15) is 10.0 Å². The van der Waals surface area contributed by atoms with Crippen molar-refractivity contribution < 1.29 is 31.5 Å². The van der Waals surface area contributed by atoms with Crippen LogP contribution in [0.4, 0.5) is 13.2 Å². The standard InChI is InChI=1S/C21H14F3NO4S2/c22-14-3-5-18-15(10-14)13(2-7-20(26)27)11-25(18)31(28,29)21-8-6-19(30-21)12-1-4-16(23)17(24)9-12/h1,3-6,8-11H,2,7H2,(H,26,27). The number of aliphatic carboxylic acids is 1. The zero-order chi connectivity index (χ0) is 22.3. The Morgan fingerprint density at radius 1 is 1.00 bits per heavy atom. The summed E-state index contributed by atoms with van der Waals surface area (Å²) in [7, 11) is -4.10. The second kappa shape index (κ2) is 7.86. The van der Waals surface area contributed by atoms with E-state index in [9.17, 15) is 26.4 Å². The topological polar surface area (TPSA) is 76.4 Å². The largest absolute Gasteiger partial charge is 0.481 e. The molecule has 31 heavy (non-hydrogen) atoms. The van der Waals surface area contributed by atoms with Gasteiger partial charge in [0.05, 0.1) is 5.52 Å². The quantitative estimate of drug-likeness (QED) is 0.433. The van der Waals surface area contributed by atoms with Crippen LogP contribution in [0.25, 0.3) is 21.3 Å². The number of hydrogen-bond donors (Lipinski definition) is 1. The number of halogens is 3. The highest BCUT2D eigenvalue weighted by atomic mass is 32.2. The van der Waals surface area contributed by atoms with Crippen LogP contribution >= 0.6 is 11.3 Å². The Morgan fingerprint density at radius 2 is 1.77 bits per heavy atom. The minimum atomic E-state index is -4.10. The third kappa shape index (κ3) is 3.96. The minimum Gasteiger partial charge on any atom is -0.481 e. The first-order valence-electron chi connectivity index (χ1n) is 8.99. The van der Waals surface area contributed by atoms with E-state index in [2.05, 4.69) is 0 Å². The van der Waals surface area contributed by atoms with Crippen molar-refractivity contribution in [3.8, 4) is 10.4 Å². The maximum atomic E-state index is 13.8.